The molecule has 0 aliphatic rings. The molecule has 1 aromatic rings. The second-order valence-electron chi connectivity index (χ2n) is 3.35. The van der Waals surface area contributed by atoms with Gasteiger partial charge in [0.25, 0.3) is 0 Å². The van der Waals surface area contributed by atoms with E-state index in [4.69, 9.17) is 4.74 Å². The van der Waals surface area contributed by atoms with Crippen molar-refractivity contribution in [2.75, 3.05) is 7.11 Å². The fourth-order valence-corrected chi connectivity index (χ4v) is 1.76. The van der Waals surface area contributed by atoms with Gasteiger partial charge in [-0.3, -0.25) is 0 Å². The summed E-state index contributed by atoms with van der Waals surface area (Å²) in [5, 5.41) is 0.282. The van der Waals surface area contributed by atoms with Gasteiger partial charge in [0.05, 0.1) is 7.11 Å². The Balaban J connectivity index is 3.20. The minimum absolute atomic E-state index is 0.282. The number of aryl methyl sites for hydroxylation is 2. The van der Waals surface area contributed by atoms with E-state index in [0.29, 0.717) is 0 Å². The van der Waals surface area contributed by atoms with Gasteiger partial charge in [0.15, 0.2) is 0 Å². The number of rotatable bonds is 2. The van der Waals surface area contributed by atoms with Gasteiger partial charge in [0.1, 0.15) is 5.75 Å². The third-order valence-corrected chi connectivity index (χ3v) is 2.51. The molecule has 0 bridgehead atoms. The topological polar surface area (TPSA) is 9.23 Å². The smallest absolute Gasteiger partial charge is 0.122 e. The monoisotopic (exact) mass is 196 g/mol. The molecular formula is C11H16OS. The molecule has 1 unspecified atom stereocenters. The molecule has 0 amide bonds. The Hall–Kier alpha value is -0.630. The van der Waals surface area contributed by atoms with E-state index < -0.39 is 0 Å². The predicted molar refractivity (Wildman–Crippen MR) is 59.9 cm³/mol. The lowest BCUT2D eigenvalue weighted by molar-refractivity contribution is 0.411. The van der Waals surface area contributed by atoms with Gasteiger partial charge >= 0.3 is 0 Å². The maximum absolute atomic E-state index is 5.24. The third-order valence-electron chi connectivity index (χ3n) is 2.23. The zero-order chi connectivity index (χ0) is 10.0. The van der Waals surface area contributed by atoms with Crippen LogP contribution < -0.4 is 4.74 Å². The predicted octanol–water partition coefficient (Wildman–Crippen LogP) is 3.30. The van der Waals surface area contributed by atoms with Crippen LogP contribution in [0.3, 0.4) is 0 Å². The summed E-state index contributed by atoms with van der Waals surface area (Å²) in [6, 6.07) is 4.21. The van der Waals surface area contributed by atoms with Crippen molar-refractivity contribution in [3.05, 3.63) is 28.8 Å². The molecule has 0 spiro atoms. The van der Waals surface area contributed by atoms with Gasteiger partial charge in [-0.1, -0.05) is 6.07 Å². The van der Waals surface area contributed by atoms with Crippen LogP contribution in [0.15, 0.2) is 12.1 Å². The first-order chi connectivity index (χ1) is 6.06. The van der Waals surface area contributed by atoms with E-state index in [1.54, 1.807) is 7.11 Å². The molecule has 13 heavy (non-hydrogen) atoms. The molecule has 0 saturated heterocycles. The van der Waals surface area contributed by atoms with Gasteiger partial charge in [-0.2, -0.15) is 12.6 Å². The van der Waals surface area contributed by atoms with Gasteiger partial charge in [-0.15, -0.1) is 0 Å². The van der Waals surface area contributed by atoms with E-state index >= 15 is 0 Å². The molecular weight excluding hydrogens is 180 g/mol. The van der Waals surface area contributed by atoms with Crippen molar-refractivity contribution in [3.8, 4) is 5.75 Å². The zero-order valence-electron chi connectivity index (χ0n) is 8.59. The Bertz CT molecular complexity index is 305. The molecule has 0 aromatic heterocycles. The van der Waals surface area contributed by atoms with E-state index in [0.717, 1.165) is 5.75 Å². The average Bonchev–Trinajstić information content (AvgIpc) is 2.07. The fourth-order valence-electron chi connectivity index (χ4n) is 1.48. The molecule has 1 atom stereocenters. The first-order valence-electron chi connectivity index (χ1n) is 4.39. The van der Waals surface area contributed by atoms with Crippen LogP contribution in [0.25, 0.3) is 0 Å². The van der Waals surface area contributed by atoms with Crippen LogP contribution in [0.2, 0.25) is 0 Å². The molecule has 72 valence electrons. The first kappa shape index (κ1) is 10.5. The van der Waals surface area contributed by atoms with Crippen LogP contribution >= 0.6 is 12.6 Å². The highest BCUT2D eigenvalue weighted by atomic mass is 32.1. The first-order valence-corrected chi connectivity index (χ1v) is 4.91. The van der Waals surface area contributed by atoms with E-state index in [1.807, 2.05) is 0 Å². The Morgan fingerprint density at radius 3 is 2.31 bits per heavy atom. The lowest BCUT2D eigenvalue weighted by Gasteiger charge is -2.13. The summed E-state index contributed by atoms with van der Waals surface area (Å²) in [5.41, 5.74) is 3.69. The SMILES string of the molecule is COc1cc(C)c(C(C)S)cc1C. The summed E-state index contributed by atoms with van der Waals surface area (Å²) in [6.45, 7) is 6.22. The van der Waals surface area contributed by atoms with E-state index in [9.17, 15) is 0 Å². The number of ether oxygens (including phenoxy) is 1. The van der Waals surface area contributed by atoms with E-state index in [2.05, 4.69) is 45.5 Å². The van der Waals surface area contributed by atoms with E-state index in [-0.39, 0.29) is 5.25 Å². The standard InChI is InChI=1S/C11H16OS/c1-7-6-11(12-4)8(2)5-10(7)9(3)13/h5-6,9,13H,1-4H3. The summed E-state index contributed by atoms with van der Waals surface area (Å²) >= 11 is 4.43. The molecule has 0 fully saturated rings. The maximum atomic E-state index is 5.24. The largest absolute Gasteiger partial charge is 0.496 e. The Labute approximate surface area is 85.5 Å². The summed E-state index contributed by atoms with van der Waals surface area (Å²) in [7, 11) is 1.70. The van der Waals surface area contributed by atoms with Crippen molar-refractivity contribution >= 4 is 12.6 Å². The molecule has 0 aliphatic heterocycles. The number of hydrogen-bond donors (Lipinski definition) is 1. The van der Waals surface area contributed by atoms with Gasteiger partial charge in [0.2, 0.25) is 0 Å². The van der Waals surface area contributed by atoms with Crippen molar-refractivity contribution in [1.82, 2.24) is 0 Å². The molecule has 1 nitrogen and oxygen atoms in total. The van der Waals surface area contributed by atoms with Crippen molar-refractivity contribution in [1.29, 1.82) is 0 Å². The number of hydrogen-bond acceptors (Lipinski definition) is 2. The average molecular weight is 196 g/mol. The number of thiol groups is 1. The maximum Gasteiger partial charge on any atom is 0.122 e. The molecule has 0 saturated carbocycles. The van der Waals surface area contributed by atoms with Crippen LogP contribution in [0, 0.1) is 13.8 Å². The van der Waals surface area contributed by atoms with Crippen molar-refractivity contribution in [2.45, 2.75) is 26.0 Å². The third kappa shape index (κ3) is 2.19. The summed E-state index contributed by atoms with van der Waals surface area (Å²) in [6.07, 6.45) is 0. The lowest BCUT2D eigenvalue weighted by Crippen LogP contribution is -1.94. The van der Waals surface area contributed by atoms with Gasteiger partial charge in [-0.25, -0.2) is 0 Å². The molecule has 1 aromatic carbocycles. The Morgan fingerprint density at radius 1 is 1.23 bits per heavy atom. The highest BCUT2D eigenvalue weighted by molar-refractivity contribution is 7.80. The van der Waals surface area contributed by atoms with Crippen molar-refractivity contribution < 1.29 is 4.74 Å². The highest BCUT2D eigenvalue weighted by Crippen LogP contribution is 2.28. The minimum Gasteiger partial charge on any atom is -0.496 e. The second-order valence-corrected chi connectivity index (χ2v) is 4.13. The van der Waals surface area contributed by atoms with Crippen LogP contribution in [-0.4, -0.2) is 7.11 Å². The van der Waals surface area contributed by atoms with E-state index in [1.165, 1.54) is 16.7 Å². The highest BCUT2D eigenvalue weighted by Gasteiger charge is 2.07. The van der Waals surface area contributed by atoms with Crippen molar-refractivity contribution in [2.24, 2.45) is 0 Å². The molecule has 1 rings (SSSR count). The Morgan fingerprint density at radius 2 is 1.85 bits per heavy atom. The molecule has 0 aliphatic carbocycles. The summed E-state index contributed by atoms with van der Waals surface area (Å²) in [5.74, 6) is 0.954. The summed E-state index contributed by atoms with van der Waals surface area (Å²) < 4.78 is 5.24. The lowest BCUT2D eigenvalue weighted by atomic mass is 10.0. The second kappa shape index (κ2) is 4.05. The molecule has 2 heteroatoms. The quantitative estimate of drug-likeness (QED) is 0.714. The van der Waals surface area contributed by atoms with Crippen LogP contribution in [-0.2, 0) is 0 Å². The fraction of sp³-hybridized carbons (Fsp3) is 0.455. The van der Waals surface area contributed by atoms with Gasteiger partial charge in [0, 0.05) is 5.25 Å². The van der Waals surface area contributed by atoms with Gasteiger partial charge < -0.3 is 4.74 Å². The minimum atomic E-state index is 0.282. The number of benzene rings is 1. The van der Waals surface area contributed by atoms with Gasteiger partial charge in [-0.05, 0) is 43.5 Å². The van der Waals surface area contributed by atoms with Crippen molar-refractivity contribution in [3.63, 3.8) is 0 Å². The normalized spacial score (nSPS) is 12.7. The Kier molecular flexibility index (Phi) is 3.26. The van der Waals surface area contributed by atoms with Crippen LogP contribution in [0.5, 0.6) is 5.75 Å². The number of methoxy groups -OCH3 is 1. The molecule has 0 N–H and O–H groups in total. The van der Waals surface area contributed by atoms with Crippen LogP contribution in [0.4, 0.5) is 0 Å². The zero-order valence-corrected chi connectivity index (χ0v) is 9.48. The molecule has 0 heterocycles. The molecule has 0 radical (unpaired) electrons. The van der Waals surface area contributed by atoms with Crippen LogP contribution in [0.1, 0.15) is 28.9 Å². The summed E-state index contributed by atoms with van der Waals surface area (Å²) in [4.78, 5) is 0.